The first kappa shape index (κ1) is 15.5. The van der Waals surface area contributed by atoms with E-state index in [9.17, 15) is 4.79 Å². The van der Waals surface area contributed by atoms with Crippen LogP contribution in [0.5, 0.6) is 5.75 Å². The Morgan fingerprint density at radius 1 is 1.11 bits per heavy atom. The third kappa shape index (κ3) is 5.72. The lowest BCUT2D eigenvalue weighted by atomic mass is 10.2. The van der Waals surface area contributed by atoms with E-state index < -0.39 is 5.97 Å². The maximum Gasteiger partial charge on any atom is 0.376 e. The van der Waals surface area contributed by atoms with E-state index >= 15 is 0 Å². The molecule has 0 N–H and O–H groups in total. The van der Waals surface area contributed by atoms with Crippen LogP contribution in [0, 0.1) is 0 Å². The molecule has 0 aliphatic rings. The monoisotopic (exact) mass is 268 g/mol. The highest BCUT2D eigenvalue weighted by atomic mass is 17.2. The number of benzene rings is 1. The first-order chi connectivity index (χ1) is 9.29. The van der Waals surface area contributed by atoms with Gasteiger partial charge in [0.1, 0.15) is 17.9 Å². The number of hydrogen-bond acceptors (Lipinski definition) is 5. The fourth-order valence-corrected chi connectivity index (χ4v) is 1.40. The second kappa shape index (κ2) is 9.35. The second-order valence-electron chi connectivity index (χ2n) is 3.73. The largest absolute Gasteiger partial charge is 0.493 e. The molecule has 0 aromatic heterocycles. The molecule has 5 nitrogen and oxygen atoms in total. The van der Waals surface area contributed by atoms with Gasteiger partial charge in [-0.2, -0.15) is 4.89 Å². The average Bonchev–Trinajstić information content (AvgIpc) is 2.43. The molecule has 0 spiro atoms. The molecule has 0 fully saturated rings. The molecule has 0 saturated carbocycles. The molecule has 0 unspecified atom stereocenters. The molecule has 1 aromatic carbocycles. The summed E-state index contributed by atoms with van der Waals surface area (Å²) < 4.78 is 10.5. The van der Waals surface area contributed by atoms with Crippen molar-refractivity contribution < 1.29 is 24.0 Å². The van der Waals surface area contributed by atoms with Gasteiger partial charge in [0, 0.05) is 6.61 Å². The SMILES string of the molecule is CCCOCCOOC(=O)c1ccccc1OCC. The molecule has 0 saturated heterocycles. The Kier molecular flexibility index (Phi) is 7.62. The summed E-state index contributed by atoms with van der Waals surface area (Å²) in [5.74, 6) is -0.0830. The van der Waals surface area contributed by atoms with Crippen LogP contribution in [0.25, 0.3) is 0 Å². The van der Waals surface area contributed by atoms with E-state index in [-0.39, 0.29) is 6.61 Å². The molecule has 106 valence electrons. The molecular formula is C14H20O5. The highest BCUT2D eigenvalue weighted by Crippen LogP contribution is 2.18. The van der Waals surface area contributed by atoms with E-state index in [2.05, 4.69) is 0 Å². The van der Waals surface area contributed by atoms with E-state index in [0.29, 0.717) is 31.1 Å². The van der Waals surface area contributed by atoms with Gasteiger partial charge in [0.25, 0.3) is 0 Å². The molecule has 0 atom stereocenters. The number of carbonyl (C=O) groups excluding carboxylic acids is 1. The van der Waals surface area contributed by atoms with E-state index in [1.54, 1.807) is 24.3 Å². The first-order valence-electron chi connectivity index (χ1n) is 6.43. The summed E-state index contributed by atoms with van der Waals surface area (Å²) in [6.07, 6.45) is 0.946. The fraction of sp³-hybridized carbons (Fsp3) is 0.500. The van der Waals surface area contributed by atoms with Crippen LogP contribution in [0.2, 0.25) is 0 Å². The Hall–Kier alpha value is -1.59. The molecular weight excluding hydrogens is 248 g/mol. The summed E-state index contributed by atoms with van der Waals surface area (Å²) in [6.45, 7) is 5.63. The van der Waals surface area contributed by atoms with Crippen molar-refractivity contribution in [2.75, 3.05) is 26.4 Å². The predicted molar refractivity (Wildman–Crippen MR) is 70.1 cm³/mol. The Balaban J connectivity index is 2.36. The lowest BCUT2D eigenvalue weighted by Crippen LogP contribution is -2.11. The number of rotatable bonds is 9. The van der Waals surface area contributed by atoms with Crippen molar-refractivity contribution in [1.82, 2.24) is 0 Å². The molecule has 0 radical (unpaired) electrons. The van der Waals surface area contributed by atoms with Crippen molar-refractivity contribution in [3.63, 3.8) is 0 Å². The predicted octanol–water partition coefficient (Wildman–Crippen LogP) is 2.60. The zero-order chi connectivity index (χ0) is 13.9. The van der Waals surface area contributed by atoms with Gasteiger partial charge < -0.3 is 9.47 Å². The minimum atomic E-state index is -0.570. The number of para-hydroxylation sites is 1. The maximum atomic E-state index is 11.8. The van der Waals surface area contributed by atoms with Crippen molar-refractivity contribution >= 4 is 5.97 Å². The summed E-state index contributed by atoms with van der Waals surface area (Å²) in [5, 5.41) is 0. The summed E-state index contributed by atoms with van der Waals surface area (Å²) in [5.41, 5.74) is 0.346. The summed E-state index contributed by atoms with van der Waals surface area (Å²) in [4.78, 5) is 21.3. The standard InChI is InChI=1S/C14H20O5/c1-3-9-16-10-11-18-19-14(15)12-7-5-6-8-13(12)17-4-2/h5-8H,3-4,9-11H2,1-2H3. The van der Waals surface area contributed by atoms with Crippen molar-refractivity contribution in [1.29, 1.82) is 0 Å². The van der Waals surface area contributed by atoms with Gasteiger partial charge in [-0.1, -0.05) is 19.1 Å². The van der Waals surface area contributed by atoms with Crippen LogP contribution in [0.1, 0.15) is 30.6 Å². The summed E-state index contributed by atoms with van der Waals surface area (Å²) in [7, 11) is 0. The lowest BCUT2D eigenvalue weighted by Gasteiger charge is -2.08. The van der Waals surface area contributed by atoms with Crippen molar-refractivity contribution in [2.24, 2.45) is 0 Å². The first-order valence-corrected chi connectivity index (χ1v) is 6.43. The molecule has 5 heteroatoms. The van der Waals surface area contributed by atoms with Gasteiger partial charge in [0.05, 0.1) is 13.2 Å². The molecule has 1 aromatic rings. The van der Waals surface area contributed by atoms with Crippen LogP contribution < -0.4 is 4.74 Å². The Morgan fingerprint density at radius 2 is 1.89 bits per heavy atom. The highest BCUT2D eigenvalue weighted by Gasteiger charge is 2.14. The van der Waals surface area contributed by atoms with E-state index in [0.717, 1.165) is 6.42 Å². The minimum absolute atomic E-state index is 0.211. The smallest absolute Gasteiger partial charge is 0.376 e. The van der Waals surface area contributed by atoms with Crippen LogP contribution >= 0.6 is 0 Å². The lowest BCUT2D eigenvalue weighted by molar-refractivity contribution is -0.247. The number of carbonyl (C=O) groups is 1. The van der Waals surface area contributed by atoms with Crippen molar-refractivity contribution in [3.8, 4) is 5.75 Å². The van der Waals surface area contributed by atoms with E-state index in [4.69, 9.17) is 19.2 Å². The third-order valence-corrected chi connectivity index (χ3v) is 2.20. The zero-order valence-corrected chi connectivity index (χ0v) is 11.4. The van der Waals surface area contributed by atoms with Gasteiger partial charge in [-0.15, -0.1) is 0 Å². The van der Waals surface area contributed by atoms with Gasteiger partial charge in [-0.05, 0) is 25.5 Å². The topological polar surface area (TPSA) is 54.0 Å². The molecule has 0 heterocycles. The van der Waals surface area contributed by atoms with Crippen LogP contribution in [-0.4, -0.2) is 32.4 Å². The number of hydrogen-bond donors (Lipinski definition) is 0. The van der Waals surface area contributed by atoms with Crippen LogP contribution in [-0.2, 0) is 14.5 Å². The Labute approximate surface area is 113 Å². The summed E-state index contributed by atoms with van der Waals surface area (Å²) >= 11 is 0. The highest BCUT2D eigenvalue weighted by molar-refractivity contribution is 5.92. The van der Waals surface area contributed by atoms with E-state index in [1.165, 1.54) is 0 Å². The normalized spacial score (nSPS) is 10.2. The molecule has 19 heavy (non-hydrogen) atoms. The van der Waals surface area contributed by atoms with Gasteiger partial charge >= 0.3 is 5.97 Å². The molecule has 0 bridgehead atoms. The van der Waals surface area contributed by atoms with Gasteiger partial charge in [-0.3, -0.25) is 4.89 Å². The van der Waals surface area contributed by atoms with Gasteiger partial charge in [-0.25, -0.2) is 4.79 Å². The molecule has 0 aliphatic carbocycles. The van der Waals surface area contributed by atoms with Crippen molar-refractivity contribution in [3.05, 3.63) is 29.8 Å². The minimum Gasteiger partial charge on any atom is -0.493 e. The molecule has 1 rings (SSSR count). The Bertz CT molecular complexity index is 378. The molecule has 0 amide bonds. The van der Waals surface area contributed by atoms with E-state index in [1.807, 2.05) is 13.8 Å². The number of ether oxygens (including phenoxy) is 2. The van der Waals surface area contributed by atoms with Gasteiger partial charge in [0.2, 0.25) is 0 Å². The maximum absolute atomic E-state index is 11.8. The summed E-state index contributed by atoms with van der Waals surface area (Å²) in [6, 6.07) is 6.87. The quantitative estimate of drug-likeness (QED) is 0.391. The fourth-order valence-electron chi connectivity index (χ4n) is 1.40. The third-order valence-electron chi connectivity index (χ3n) is 2.20. The van der Waals surface area contributed by atoms with Crippen LogP contribution in [0.15, 0.2) is 24.3 Å². The zero-order valence-electron chi connectivity index (χ0n) is 11.4. The Morgan fingerprint density at radius 3 is 2.63 bits per heavy atom. The van der Waals surface area contributed by atoms with Crippen LogP contribution in [0.4, 0.5) is 0 Å². The second-order valence-corrected chi connectivity index (χ2v) is 3.73. The average molecular weight is 268 g/mol. The van der Waals surface area contributed by atoms with Crippen LogP contribution in [0.3, 0.4) is 0 Å². The van der Waals surface area contributed by atoms with Gasteiger partial charge in [0.15, 0.2) is 0 Å². The van der Waals surface area contributed by atoms with Crippen molar-refractivity contribution in [2.45, 2.75) is 20.3 Å². The molecule has 0 aliphatic heterocycles.